The molecule has 3 aliphatic rings. The van der Waals surface area contributed by atoms with Crippen LogP contribution >= 0.6 is 0 Å². The predicted octanol–water partition coefficient (Wildman–Crippen LogP) is 1.75. The molecule has 2 unspecified atom stereocenters. The van der Waals surface area contributed by atoms with Crippen molar-refractivity contribution in [2.24, 2.45) is 5.92 Å². The van der Waals surface area contributed by atoms with E-state index in [1.54, 1.807) is 0 Å². The van der Waals surface area contributed by atoms with E-state index in [9.17, 15) is 35.9 Å². The summed E-state index contributed by atoms with van der Waals surface area (Å²) in [6.45, 7) is 2.06. The Bertz CT molecular complexity index is 933. The van der Waals surface area contributed by atoms with Gasteiger partial charge in [0.25, 0.3) is 5.91 Å². The molecule has 4 rings (SSSR count). The molecule has 2 saturated heterocycles. The van der Waals surface area contributed by atoms with Crippen molar-refractivity contribution in [3.05, 3.63) is 23.3 Å². The first-order chi connectivity index (χ1) is 14.9. The van der Waals surface area contributed by atoms with Crippen LogP contribution in [0.3, 0.4) is 0 Å². The Morgan fingerprint density at radius 1 is 1.22 bits per heavy atom. The second-order valence-corrected chi connectivity index (χ2v) is 7.76. The first-order valence-corrected chi connectivity index (χ1v) is 9.61. The van der Waals surface area contributed by atoms with Gasteiger partial charge in [-0.15, -0.1) is 0 Å². The van der Waals surface area contributed by atoms with Crippen LogP contribution in [0, 0.1) is 5.92 Å². The van der Waals surface area contributed by atoms with Gasteiger partial charge in [-0.25, -0.2) is 4.79 Å². The molecule has 1 aromatic carbocycles. The average Bonchev–Trinajstić information content (AvgIpc) is 2.65. The minimum Gasteiger partial charge on any atom is -0.488 e. The van der Waals surface area contributed by atoms with Gasteiger partial charge in [0.05, 0.1) is 11.3 Å². The third-order valence-electron chi connectivity index (χ3n) is 5.55. The maximum Gasteiger partial charge on any atom is 0.492 e. The molecule has 3 aliphatic heterocycles. The SMILES string of the molecule is CC1C(=O)NN(OC(=O)C(F)(F)F)C2COc3cc(C(F)(F)F)c(CC4CNC4)cc3N12. The first-order valence-electron chi connectivity index (χ1n) is 9.61. The van der Waals surface area contributed by atoms with E-state index in [0.29, 0.717) is 18.3 Å². The molecule has 1 aromatic rings. The molecule has 2 N–H and O–H groups in total. The number of fused-ring (bicyclic) bond motifs is 3. The molecule has 2 atom stereocenters. The molecule has 0 saturated carbocycles. The van der Waals surface area contributed by atoms with Crippen molar-refractivity contribution in [1.82, 2.24) is 15.9 Å². The molecule has 3 heterocycles. The predicted molar refractivity (Wildman–Crippen MR) is 94.9 cm³/mol. The van der Waals surface area contributed by atoms with Crippen LogP contribution in [-0.4, -0.2) is 55.1 Å². The van der Waals surface area contributed by atoms with Crippen molar-refractivity contribution in [2.75, 3.05) is 24.6 Å². The summed E-state index contributed by atoms with van der Waals surface area (Å²) in [5.74, 6) is -3.56. The number of carbonyl (C=O) groups excluding carboxylic acids is 2. The summed E-state index contributed by atoms with van der Waals surface area (Å²) in [6.07, 6.45) is -11.1. The second-order valence-electron chi connectivity index (χ2n) is 7.76. The molecule has 0 spiro atoms. The molecule has 32 heavy (non-hydrogen) atoms. The Balaban J connectivity index is 1.72. The van der Waals surface area contributed by atoms with Crippen LogP contribution in [0.25, 0.3) is 0 Å². The lowest BCUT2D eigenvalue weighted by atomic mass is 9.90. The van der Waals surface area contributed by atoms with Crippen LogP contribution in [0.15, 0.2) is 12.1 Å². The summed E-state index contributed by atoms with van der Waals surface area (Å²) < 4.78 is 84.3. The van der Waals surface area contributed by atoms with Gasteiger partial charge in [0.2, 0.25) is 0 Å². The van der Waals surface area contributed by atoms with Crippen molar-refractivity contribution < 1.29 is 45.5 Å². The average molecular weight is 468 g/mol. The van der Waals surface area contributed by atoms with E-state index in [0.717, 1.165) is 6.07 Å². The number of halogens is 6. The summed E-state index contributed by atoms with van der Waals surface area (Å²) in [7, 11) is 0. The lowest BCUT2D eigenvalue weighted by Crippen LogP contribution is -2.70. The number of anilines is 1. The number of alkyl halides is 6. The van der Waals surface area contributed by atoms with Crippen LogP contribution < -0.4 is 20.4 Å². The Morgan fingerprint density at radius 2 is 1.91 bits per heavy atom. The van der Waals surface area contributed by atoms with Crippen molar-refractivity contribution in [1.29, 1.82) is 0 Å². The summed E-state index contributed by atoms with van der Waals surface area (Å²) in [6, 6.07) is 1.08. The molecule has 0 aliphatic carbocycles. The normalized spacial score (nSPS) is 24.1. The summed E-state index contributed by atoms with van der Waals surface area (Å²) >= 11 is 0. The van der Waals surface area contributed by atoms with Crippen LogP contribution in [-0.2, 0) is 27.0 Å². The van der Waals surface area contributed by atoms with Gasteiger partial charge in [-0.3, -0.25) is 10.2 Å². The van der Waals surface area contributed by atoms with Crippen LogP contribution in [0.5, 0.6) is 5.75 Å². The highest BCUT2D eigenvalue weighted by molar-refractivity contribution is 5.87. The molecule has 14 heteroatoms. The van der Waals surface area contributed by atoms with Gasteiger partial charge in [0.1, 0.15) is 18.4 Å². The highest BCUT2D eigenvalue weighted by Crippen LogP contribution is 2.44. The molecule has 2 fully saturated rings. The lowest BCUT2D eigenvalue weighted by Gasteiger charge is -2.48. The maximum absolute atomic E-state index is 13.7. The lowest BCUT2D eigenvalue weighted by molar-refractivity contribution is -0.265. The van der Waals surface area contributed by atoms with Gasteiger partial charge in [-0.1, -0.05) is 0 Å². The zero-order chi connectivity index (χ0) is 23.4. The highest BCUT2D eigenvalue weighted by atomic mass is 19.4. The topological polar surface area (TPSA) is 83.1 Å². The fourth-order valence-corrected chi connectivity index (χ4v) is 3.85. The summed E-state index contributed by atoms with van der Waals surface area (Å²) in [5, 5.41) is 3.29. The zero-order valence-corrected chi connectivity index (χ0v) is 16.5. The number of hydrogen-bond acceptors (Lipinski definition) is 7. The summed E-state index contributed by atoms with van der Waals surface area (Å²) in [4.78, 5) is 29.2. The van der Waals surface area contributed by atoms with E-state index in [2.05, 4.69) is 10.2 Å². The number of hydrazine groups is 1. The molecule has 0 aromatic heterocycles. The highest BCUT2D eigenvalue weighted by Gasteiger charge is 2.49. The molecule has 8 nitrogen and oxygen atoms in total. The first kappa shape index (κ1) is 22.5. The van der Waals surface area contributed by atoms with E-state index in [1.807, 2.05) is 5.43 Å². The van der Waals surface area contributed by atoms with Gasteiger partial charge >= 0.3 is 18.3 Å². The van der Waals surface area contributed by atoms with E-state index in [1.165, 1.54) is 17.9 Å². The zero-order valence-electron chi connectivity index (χ0n) is 16.5. The number of rotatable bonds is 3. The fraction of sp³-hybridized carbons (Fsp3) is 0.556. The number of nitrogens with one attached hydrogen (secondary N) is 2. The number of hydrogen-bond donors (Lipinski definition) is 2. The number of nitrogens with zero attached hydrogens (tertiary/aromatic N) is 2. The number of benzene rings is 1. The standard InChI is InChI=1S/C18H18F6N4O4/c1-8-15(29)26-28(32-16(30)18(22,23)24)14-7-31-13-4-11(17(19,20)21)10(2-9-5-25-6-9)3-12(13)27(8)14/h3-4,8-9,14,25H,2,5-7H2,1H3,(H,26,29). The van der Waals surface area contributed by atoms with E-state index < -0.39 is 48.6 Å². The van der Waals surface area contributed by atoms with E-state index >= 15 is 0 Å². The van der Waals surface area contributed by atoms with Crippen LogP contribution in [0.1, 0.15) is 18.1 Å². The van der Waals surface area contributed by atoms with Gasteiger partial charge in [0.15, 0.2) is 6.17 Å². The number of amides is 1. The minimum atomic E-state index is -5.32. The minimum absolute atomic E-state index is 0.0132. The van der Waals surface area contributed by atoms with E-state index in [-0.39, 0.29) is 29.3 Å². The molecule has 1 amide bonds. The smallest absolute Gasteiger partial charge is 0.488 e. The quantitative estimate of drug-likeness (QED) is 0.655. The largest absolute Gasteiger partial charge is 0.492 e. The van der Waals surface area contributed by atoms with Crippen molar-refractivity contribution in [3.63, 3.8) is 0 Å². The molecule has 0 bridgehead atoms. The van der Waals surface area contributed by atoms with Crippen molar-refractivity contribution >= 4 is 17.6 Å². The van der Waals surface area contributed by atoms with E-state index in [4.69, 9.17) is 4.74 Å². The molecular formula is C18H18F6N4O4. The van der Waals surface area contributed by atoms with Crippen molar-refractivity contribution in [2.45, 2.75) is 37.9 Å². The van der Waals surface area contributed by atoms with Gasteiger partial charge in [-0.2, -0.15) is 26.3 Å². The fourth-order valence-electron chi connectivity index (χ4n) is 3.85. The number of hydroxylamine groups is 1. The van der Waals surface area contributed by atoms with Gasteiger partial charge < -0.3 is 19.8 Å². The number of carbonyl (C=O) groups is 2. The maximum atomic E-state index is 13.7. The van der Waals surface area contributed by atoms with Crippen LogP contribution in [0.4, 0.5) is 32.0 Å². The third kappa shape index (κ3) is 4.03. The van der Waals surface area contributed by atoms with Gasteiger partial charge in [-0.05, 0) is 55.2 Å². The van der Waals surface area contributed by atoms with Crippen molar-refractivity contribution in [3.8, 4) is 5.75 Å². The second kappa shape index (κ2) is 7.69. The monoisotopic (exact) mass is 468 g/mol. The van der Waals surface area contributed by atoms with Gasteiger partial charge in [0, 0.05) is 0 Å². The number of ether oxygens (including phenoxy) is 1. The molecule has 0 radical (unpaired) electrons. The Morgan fingerprint density at radius 3 is 2.47 bits per heavy atom. The Hall–Kier alpha value is -2.74. The third-order valence-corrected chi connectivity index (χ3v) is 5.55. The molecule has 176 valence electrons. The Labute approximate surface area is 177 Å². The molecular weight excluding hydrogens is 450 g/mol. The van der Waals surface area contributed by atoms with Crippen LogP contribution in [0.2, 0.25) is 0 Å². The Kier molecular flexibility index (Phi) is 5.40. The summed E-state index contributed by atoms with van der Waals surface area (Å²) in [5.41, 5.74) is 1.23.